The molecule has 2 nitrogen and oxygen atoms in total. The first-order chi connectivity index (χ1) is 12.9. The molecular formula is C25H41NO. The quantitative estimate of drug-likeness (QED) is 0.523. The van der Waals surface area contributed by atoms with E-state index in [4.69, 9.17) is 4.74 Å². The van der Waals surface area contributed by atoms with E-state index in [1.54, 1.807) is 7.11 Å². The third kappa shape index (κ3) is 4.63. The van der Waals surface area contributed by atoms with Crippen LogP contribution < -0.4 is 10.1 Å². The lowest BCUT2D eigenvalue weighted by Gasteiger charge is -2.47. The molecule has 0 aliphatic heterocycles. The van der Waals surface area contributed by atoms with Crippen LogP contribution in [0.3, 0.4) is 0 Å². The molecule has 0 unspecified atom stereocenters. The summed E-state index contributed by atoms with van der Waals surface area (Å²) in [6.07, 6.45) is 11.1. The Kier molecular flexibility index (Phi) is 6.76. The lowest BCUT2D eigenvalue weighted by Crippen LogP contribution is -2.44. The van der Waals surface area contributed by atoms with Gasteiger partial charge in [-0.2, -0.15) is 0 Å². The van der Waals surface area contributed by atoms with Gasteiger partial charge in [0.2, 0.25) is 0 Å². The predicted molar refractivity (Wildman–Crippen MR) is 116 cm³/mol. The van der Waals surface area contributed by atoms with Crippen molar-refractivity contribution in [3.05, 3.63) is 24.3 Å². The van der Waals surface area contributed by atoms with Gasteiger partial charge in [0, 0.05) is 17.8 Å². The van der Waals surface area contributed by atoms with Crippen LogP contribution in [0, 0.1) is 29.1 Å². The maximum Gasteiger partial charge on any atom is 0.120 e. The van der Waals surface area contributed by atoms with E-state index in [1.807, 2.05) is 6.07 Å². The van der Waals surface area contributed by atoms with Gasteiger partial charge in [0.25, 0.3) is 0 Å². The number of methoxy groups -OCH3 is 1. The molecule has 1 aromatic carbocycles. The number of hydrogen-bond donors (Lipinski definition) is 1. The molecular weight excluding hydrogens is 330 g/mol. The Balaban J connectivity index is 1.66. The van der Waals surface area contributed by atoms with Crippen molar-refractivity contribution < 1.29 is 4.74 Å². The summed E-state index contributed by atoms with van der Waals surface area (Å²) >= 11 is 0. The second-order valence-corrected chi connectivity index (χ2v) is 9.97. The Hall–Kier alpha value is -1.18. The SMILES string of the molecule is COc1cccc(N[C@H]2CCC[C@]3(C)[C@@H]([C@H](C)CCCC(C)C)CC[C@@H]23)c1. The normalized spacial score (nSPS) is 31.6. The summed E-state index contributed by atoms with van der Waals surface area (Å²) in [6.45, 7) is 9.87. The van der Waals surface area contributed by atoms with Gasteiger partial charge in [-0.3, -0.25) is 0 Å². The topological polar surface area (TPSA) is 21.3 Å². The van der Waals surface area contributed by atoms with E-state index >= 15 is 0 Å². The number of ether oxygens (including phenoxy) is 1. The smallest absolute Gasteiger partial charge is 0.120 e. The van der Waals surface area contributed by atoms with Crippen LogP contribution in [-0.4, -0.2) is 13.2 Å². The molecule has 0 aromatic heterocycles. The number of fused-ring (bicyclic) bond motifs is 1. The minimum absolute atomic E-state index is 0.520. The molecule has 0 spiro atoms. The second kappa shape index (κ2) is 8.88. The Morgan fingerprint density at radius 3 is 2.70 bits per heavy atom. The van der Waals surface area contributed by atoms with Crippen LogP contribution in [0.4, 0.5) is 5.69 Å². The van der Waals surface area contributed by atoms with Crippen LogP contribution in [0.5, 0.6) is 5.75 Å². The first-order valence-electron chi connectivity index (χ1n) is 11.3. The molecule has 1 N–H and O–H groups in total. The summed E-state index contributed by atoms with van der Waals surface area (Å²) in [5, 5.41) is 3.89. The number of hydrogen-bond acceptors (Lipinski definition) is 2. The standard InChI is InChI=1S/C25H41NO/c1-18(2)9-6-10-19(3)22-14-15-23-24(13-8-16-25(22,23)4)26-20-11-7-12-21(17-20)27-5/h7,11-12,17-19,22-24,26H,6,8-10,13-16H2,1-5H3/t19-,22-,23+,24+,25-/m1/s1. The number of nitrogens with one attached hydrogen (secondary N) is 1. The van der Waals surface area contributed by atoms with Crippen LogP contribution in [-0.2, 0) is 0 Å². The lowest BCUT2D eigenvalue weighted by molar-refractivity contribution is 0.0584. The fourth-order valence-electron chi connectivity index (χ4n) is 6.31. The summed E-state index contributed by atoms with van der Waals surface area (Å²) in [6, 6.07) is 9.07. The summed E-state index contributed by atoms with van der Waals surface area (Å²) in [5.74, 6) is 4.38. The summed E-state index contributed by atoms with van der Waals surface area (Å²) in [7, 11) is 1.75. The predicted octanol–water partition coefficient (Wildman–Crippen LogP) is 7.15. The van der Waals surface area contributed by atoms with Gasteiger partial charge in [0.05, 0.1) is 7.11 Å². The molecule has 152 valence electrons. The Bertz CT molecular complexity index is 598. The average molecular weight is 372 g/mol. The van der Waals surface area contributed by atoms with Crippen molar-refractivity contribution in [1.82, 2.24) is 0 Å². The van der Waals surface area contributed by atoms with Crippen LogP contribution in [0.15, 0.2) is 24.3 Å². The highest BCUT2D eigenvalue weighted by Crippen LogP contribution is 2.58. The lowest BCUT2D eigenvalue weighted by atomic mass is 9.60. The molecule has 0 amide bonds. The van der Waals surface area contributed by atoms with Crippen molar-refractivity contribution in [3.63, 3.8) is 0 Å². The van der Waals surface area contributed by atoms with E-state index in [-0.39, 0.29) is 0 Å². The van der Waals surface area contributed by atoms with E-state index < -0.39 is 0 Å². The van der Waals surface area contributed by atoms with Gasteiger partial charge in [-0.05, 0) is 66.9 Å². The highest BCUT2D eigenvalue weighted by Gasteiger charge is 2.52. The van der Waals surface area contributed by atoms with Crippen LogP contribution in [0.25, 0.3) is 0 Å². The fraction of sp³-hybridized carbons (Fsp3) is 0.760. The van der Waals surface area contributed by atoms with Gasteiger partial charge in [-0.1, -0.05) is 59.4 Å². The maximum absolute atomic E-state index is 5.41. The first kappa shape index (κ1) is 20.6. The first-order valence-corrected chi connectivity index (χ1v) is 11.3. The van der Waals surface area contributed by atoms with E-state index in [9.17, 15) is 0 Å². The highest BCUT2D eigenvalue weighted by molar-refractivity contribution is 5.49. The molecule has 5 atom stereocenters. The monoisotopic (exact) mass is 371 g/mol. The third-order valence-electron chi connectivity index (χ3n) is 7.75. The molecule has 0 bridgehead atoms. The number of anilines is 1. The van der Waals surface area contributed by atoms with Gasteiger partial charge < -0.3 is 10.1 Å². The van der Waals surface area contributed by atoms with Crippen molar-refractivity contribution in [3.8, 4) is 5.75 Å². The number of rotatable bonds is 8. The summed E-state index contributed by atoms with van der Waals surface area (Å²) < 4.78 is 5.41. The molecule has 2 heteroatoms. The molecule has 2 aliphatic carbocycles. The number of benzene rings is 1. The molecule has 3 rings (SSSR count). The Morgan fingerprint density at radius 1 is 1.15 bits per heavy atom. The van der Waals surface area contributed by atoms with Crippen molar-refractivity contribution in [2.45, 2.75) is 85.1 Å². The molecule has 0 saturated heterocycles. The van der Waals surface area contributed by atoms with Gasteiger partial charge in [0.15, 0.2) is 0 Å². The zero-order valence-corrected chi connectivity index (χ0v) is 18.3. The minimum atomic E-state index is 0.520. The fourth-order valence-corrected chi connectivity index (χ4v) is 6.31. The van der Waals surface area contributed by atoms with E-state index in [0.29, 0.717) is 11.5 Å². The highest BCUT2D eigenvalue weighted by atomic mass is 16.5. The van der Waals surface area contributed by atoms with Gasteiger partial charge >= 0.3 is 0 Å². The summed E-state index contributed by atoms with van der Waals surface area (Å²) in [5.41, 5.74) is 1.74. The van der Waals surface area contributed by atoms with Crippen molar-refractivity contribution >= 4 is 5.69 Å². The third-order valence-corrected chi connectivity index (χ3v) is 7.75. The molecule has 2 saturated carbocycles. The van der Waals surface area contributed by atoms with Crippen molar-refractivity contribution in [1.29, 1.82) is 0 Å². The zero-order valence-electron chi connectivity index (χ0n) is 18.3. The molecule has 1 aromatic rings. The van der Waals surface area contributed by atoms with E-state index in [1.165, 1.54) is 57.1 Å². The van der Waals surface area contributed by atoms with E-state index in [2.05, 4.69) is 51.2 Å². The Morgan fingerprint density at radius 2 is 1.96 bits per heavy atom. The van der Waals surface area contributed by atoms with E-state index in [0.717, 1.165) is 29.4 Å². The average Bonchev–Trinajstić information content (AvgIpc) is 2.99. The molecule has 2 fully saturated rings. The van der Waals surface area contributed by atoms with Gasteiger partial charge in [-0.25, -0.2) is 0 Å². The molecule has 0 radical (unpaired) electrons. The van der Waals surface area contributed by atoms with Crippen LogP contribution in [0.2, 0.25) is 0 Å². The second-order valence-electron chi connectivity index (χ2n) is 9.97. The van der Waals surface area contributed by atoms with Crippen molar-refractivity contribution in [2.24, 2.45) is 29.1 Å². The molecule has 27 heavy (non-hydrogen) atoms. The van der Waals surface area contributed by atoms with Crippen molar-refractivity contribution in [2.75, 3.05) is 12.4 Å². The Labute approximate surface area is 167 Å². The van der Waals surface area contributed by atoms with Crippen LogP contribution >= 0.6 is 0 Å². The largest absolute Gasteiger partial charge is 0.497 e. The maximum atomic E-state index is 5.41. The zero-order chi connectivity index (χ0) is 19.4. The van der Waals surface area contributed by atoms with Gasteiger partial charge in [-0.15, -0.1) is 0 Å². The minimum Gasteiger partial charge on any atom is -0.497 e. The van der Waals surface area contributed by atoms with Gasteiger partial charge in [0.1, 0.15) is 5.75 Å². The summed E-state index contributed by atoms with van der Waals surface area (Å²) in [4.78, 5) is 0. The van der Waals surface area contributed by atoms with Crippen LogP contribution in [0.1, 0.15) is 79.1 Å². The molecule has 0 heterocycles. The molecule has 2 aliphatic rings.